The van der Waals surface area contributed by atoms with E-state index < -0.39 is 11.5 Å². The van der Waals surface area contributed by atoms with Crippen LogP contribution >= 0.6 is 11.6 Å². The maximum Gasteiger partial charge on any atom is 0.291 e. The molecular formula is C35H40ClN5O5. The number of carbonyl (C=O) groups excluding carboxylic acids is 1. The first-order chi connectivity index (χ1) is 21.9. The highest BCUT2D eigenvalue weighted by molar-refractivity contribution is 6.30. The number of rotatable bonds is 8. The fourth-order valence-electron chi connectivity index (χ4n) is 6.42. The number of aromatic nitrogens is 2. The monoisotopic (exact) mass is 645 g/mol. The molecule has 2 aliphatic heterocycles. The van der Waals surface area contributed by atoms with Crippen molar-refractivity contribution in [1.82, 2.24) is 9.97 Å². The molecule has 0 unspecified atom stereocenters. The number of ether oxygens (including phenoxy) is 3. The average Bonchev–Trinajstić information content (AvgIpc) is 3.56. The van der Waals surface area contributed by atoms with Gasteiger partial charge in [-0.25, -0.2) is 0 Å². The lowest BCUT2D eigenvalue weighted by molar-refractivity contribution is -0.105. The van der Waals surface area contributed by atoms with E-state index in [-0.39, 0.29) is 28.8 Å². The summed E-state index contributed by atoms with van der Waals surface area (Å²) in [6.45, 7) is 13.4. The highest BCUT2D eigenvalue weighted by atomic mass is 35.5. The summed E-state index contributed by atoms with van der Waals surface area (Å²) in [6, 6.07) is 15.7. The predicted molar refractivity (Wildman–Crippen MR) is 179 cm³/mol. The van der Waals surface area contributed by atoms with E-state index in [1.807, 2.05) is 30.3 Å². The summed E-state index contributed by atoms with van der Waals surface area (Å²) in [4.78, 5) is 27.0. The number of halogens is 1. The minimum absolute atomic E-state index is 0.158. The molecule has 2 aromatic heterocycles. The molecule has 6 rings (SSSR count). The van der Waals surface area contributed by atoms with Gasteiger partial charge in [-0.05, 0) is 93.3 Å². The lowest BCUT2D eigenvalue weighted by atomic mass is 9.86. The third-order valence-electron chi connectivity index (χ3n) is 8.74. The first-order valence-corrected chi connectivity index (χ1v) is 15.8. The molecule has 1 N–H and O–H groups in total. The van der Waals surface area contributed by atoms with Gasteiger partial charge in [-0.1, -0.05) is 23.7 Å². The van der Waals surface area contributed by atoms with Gasteiger partial charge in [-0.15, -0.1) is 0 Å². The van der Waals surface area contributed by atoms with Crippen LogP contribution in [-0.2, 0) is 22.4 Å². The number of furan rings is 1. The molecule has 0 bridgehead atoms. The Balaban J connectivity index is 1.16. The zero-order valence-corrected chi connectivity index (χ0v) is 28.1. The summed E-state index contributed by atoms with van der Waals surface area (Å²) in [6.07, 6.45) is 0.540. The van der Waals surface area contributed by atoms with Crippen LogP contribution in [-0.4, -0.2) is 56.3 Å². The highest BCUT2D eigenvalue weighted by Crippen LogP contribution is 2.47. The molecule has 4 aromatic rings. The van der Waals surface area contributed by atoms with Crippen LogP contribution in [0.15, 0.2) is 52.9 Å². The number of amides is 1. The SMILES string of the molecule is COc1nc(N2CCN(c3ccc(Cl)cc3)CC2)nc(OC)c1NC(=O)c1ccc(Cc2cc3c(cc2C)C(C)(C)OC3(C)C)o1. The smallest absolute Gasteiger partial charge is 0.291 e. The molecule has 0 radical (unpaired) electrons. The van der Waals surface area contributed by atoms with E-state index in [1.165, 1.54) is 25.3 Å². The predicted octanol–water partition coefficient (Wildman–Crippen LogP) is 6.72. The third kappa shape index (κ3) is 6.11. The zero-order valence-electron chi connectivity index (χ0n) is 27.4. The number of nitrogens with zero attached hydrogens (tertiary/aromatic N) is 4. The normalized spacial score (nSPS) is 16.7. The molecule has 2 aromatic carbocycles. The maximum atomic E-state index is 13.4. The van der Waals surface area contributed by atoms with Gasteiger partial charge in [0.15, 0.2) is 11.4 Å². The van der Waals surface area contributed by atoms with Crippen molar-refractivity contribution in [1.29, 1.82) is 0 Å². The molecule has 1 saturated heterocycles. The highest BCUT2D eigenvalue weighted by Gasteiger charge is 2.43. The summed E-state index contributed by atoms with van der Waals surface area (Å²) >= 11 is 6.05. The van der Waals surface area contributed by atoms with Crippen molar-refractivity contribution in [2.24, 2.45) is 0 Å². The second-order valence-corrected chi connectivity index (χ2v) is 13.1. The van der Waals surface area contributed by atoms with Gasteiger partial charge in [0.05, 0.1) is 25.4 Å². The number of anilines is 3. The van der Waals surface area contributed by atoms with Crippen molar-refractivity contribution in [2.75, 3.05) is 55.5 Å². The quantitative estimate of drug-likeness (QED) is 0.224. The molecule has 0 spiro atoms. The van der Waals surface area contributed by atoms with E-state index in [0.717, 1.165) is 29.9 Å². The van der Waals surface area contributed by atoms with Crippen LogP contribution in [0.1, 0.15) is 66.3 Å². The molecule has 2 aliphatic rings. The van der Waals surface area contributed by atoms with Crippen molar-refractivity contribution in [3.05, 3.63) is 87.3 Å². The Morgan fingerprint density at radius 1 is 0.891 bits per heavy atom. The van der Waals surface area contributed by atoms with Gasteiger partial charge in [0.25, 0.3) is 5.91 Å². The van der Waals surface area contributed by atoms with Gasteiger partial charge >= 0.3 is 0 Å². The number of nitrogens with one attached hydrogen (secondary N) is 1. The minimum atomic E-state index is -0.460. The van der Waals surface area contributed by atoms with Gasteiger partial charge in [0.1, 0.15) is 5.76 Å². The zero-order chi connectivity index (χ0) is 32.8. The van der Waals surface area contributed by atoms with Crippen LogP contribution in [0.5, 0.6) is 11.8 Å². The molecule has 242 valence electrons. The first kappa shape index (κ1) is 31.7. The molecule has 0 saturated carbocycles. The number of benzene rings is 2. The Labute approximate surface area is 274 Å². The van der Waals surface area contributed by atoms with Crippen molar-refractivity contribution in [3.8, 4) is 11.8 Å². The minimum Gasteiger partial charge on any atom is -0.479 e. The second kappa shape index (κ2) is 12.1. The summed E-state index contributed by atoms with van der Waals surface area (Å²) < 4.78 is 23.5. The summed E-state index contributed by atoms with van der Waals surface area (Å²) in [5.74, 6) is 1.23. The summed E-state index contributed by atoms with van der Waals surface area (Å²) in [5, 5.41) is 3.55. The molecule has 46 heavy (non-hydrogen) atoms. The Hall–Kier alpha value is -4.28. The van der Waals surface area contributed by atoms with E-state index >= 15 is 0 Å². The van der Waals surface area contributed by atoms with Crippen LogP contribution in [0.3, 0.4) is 0 Å². The van der Waals surface area contributed by atoms with E-state index in [4.69, 9.17) is 30.2 Å². The topological polar surface area (TPSA) is 102 Å². The van der Waals surface area contributed by atoms with Crippen molar-refractivity contribution in [3.63, 3.8) is 0 Å². The summed E-state index contributed by atoms with van der Waals surface area (Å²) in [7, 11) is 2.99. The molecule has 1 fully saturated rings. The van der Waals surface area contributed by atoms with Gasteiger partial charge in [-0.3, -0.25) is 4.79 Å². The van der Waals surface area contributed by atoms with Crippen molar-refractivity contribution < 1.29 is 23.4 Å². The first-order valence-electron chi connectivity index (χ1n) is 15.4. The Morgan fingerprint density at radius 2 is 1.48 bits per heavy atom. The van der Waals surface area contributed by atoms with Crippen LogP contribution in [0.2, 0.25) is 5.02 Å². The fraction of sp³-hybridized carbons (Fsp3) is 0.400. The molecular weight excluding hydrogens is 606 g/mol. The molecule has 11 heteroatoms. The van der Waals surface area contributed by atoms with Crippen LogP contribution in [0, 0.1) is 6.92 Å². The lowest BCUT2D eigenvalue weighted by Gasteiger charge is -2.36. The Kier molecular flexibility index (Phi) is 8.37. The molecule has 10 nitrogen and oxygen atoms in total. The fourth-order valence-corrected chi connectivity index (χ4v) is 6.54. The van der Waals surface area contributed by atoms with Gasteiger partial charge in [-0.2, -0.15) is 9.97 Å². The number of methoxy groups -OCH3 is 2. The van der Waals surface area contributed by atoms with E-state index in [9.17, 15) is 4.79 Å². The number of fused-ring (bicyclic) bond motifs is 1. The second-order valence-electron chi connectivity index (χ2n) is 12.7. The van der Waals surface area contributed by atoms with Crippen LogP contribution in [0.4, 0.5) is 17.3 Å². The Bertz CT molecular complexity index is 1730. The van der Waals surface area contributed by atoms with E-state index in [1.54, 1.807) is 6.07 Å². The largest absolute Gasteiger partial charge is 0.479 e. The van der Waals surface area contributed by atoms with Crippen molar-refractivity contribution in [2.45, 2.75) is 52.2 Å². The Morgan fingerprint density at radius 3 is 2.09 bits per heavy atom. The number of carbonyl (C=O) groups is 1. The standard InChI is InChI=1S/C35H40ClN5O5/c1-21-18-26-27(35(4,5)46-34(26,2)3)20-22(21)19-25-12-13-28(45-25)30(42)37-29-31(43-6)38-33(39-32(29)44-7)41-16-14-40(15-17-41)24-10-8-23(36)9-11-24/h8-13,18,20H,14-17,19H2,1-7H3,(H,37,42). The molecule has 4 heterocycles. The molecule has 0 atom stereocenters. The number of aryl methyl sites for hydroxylation is 1. The van der Waals surface area contributed by atoms with Gasteiger partial charge in [0, 0.05) is 43.3 Å². The molecule has 0 aliphatic carbocycles. The van der Waals surface area contributed by atoms with E-state index in [2.05, 4.69) is 71.8 Å². The molecule has 1 amide bonds. The lowest BCUT2D eigenvalue weighted by Crippen LogP contribution is -2.47. The number of hydrogen-bond acceptors (Lipinski definition) is 9. The maximum absolute atomic E-state index is 13.4. The van der Waals surface area contributed by atoms with Crippen LogP contribution < -0.4 is 24.6 Å². The third-order valence-corrected chi connectivity index (χ3v) is 9.00. The number of hydrogen-bond donors (Lipinski definition) is 1. The van der Waals surface area contributed by atoms with Crippen LogP contribution in [0.25, 0.3) is 0 Å². The summed E-state index contributed by atoms with van der Waals surface area (Å²) in [5.41, 5.74) is 5.25. The van der Waals surface area contributed by atoms with Gasteiger partial charge < -0.3 is 33.7 Å². The van der Waals surface area contributed by atoms with Crippen molar-refractivity contribution >= 4 is 34.8 Å². The van der Waals surface area contributed by atoms with Gasteiger partial charge in [0.2, 0.25) is 17.7 Å². The van der Waals surface area contributed by atoms with E-state index in [0.29, 0.717) is 36.2 Å². The average molecular weight is 646 g/mol. The number of piperazine rings is 1.